The van der Waals surface area contributed by atoms with E-state index >= 15 is 0 Å². The van der Waals surface area contributed by atoms with Gasteiger partial charge in [0, 0.05) is 0 Å². The number of hydrogen-bond acceptors (Lipinski definition) is 3. The Labute approximate surface area is 222 Å². The van der Waals surface area contributed by atoms with Crippen molar-refractivity contribution in [3.05, 3.63) is 59.2 Å². The molecule has 0 atom stereocenters. The van der Waals surface area contributed by atoms with Crippen molar-refractivity contribution in [2.45, 2.75) is 110 Å². The van der Waals surface area contributed by atoms with Gasteiger partial charge < -0.3 is 9.47 Å². The lowest BCUT2D eigenvalue weighted by molar-refractivity contribution is 0.0728. The number of halogens is 2. The second kappa shape index (κ2) is 15.7. The van der Waals surface area contributed by atoms with Crippen LogP contribution in [-0.2, 0) is 0 Å². The van der Waals surface area contributed by atoms with Crippen LogP contribution >= 0.6 is 0 Å². The first kappa shape index (κ1) is 29.1. The van der Waals surface area contributed by atoms with Crippen LogP contribution in [0.2, 0.25) is 0 Å². The van der Waals surface area contributed by atoms with Gasteiger partial charge >= 0.3 is 5.97 Å². The Morgan fingerprint density at radius 3 is 2.14 bits per heavy atom. The van der Waals surface area contributed by atoms with Gasteiger partial charge in [0.1, 0.15) is 5.75 Å². The largest absolute Gasteiger partial charge is 0.490 e. The van der Waals surface area contributed by atoms with Crippen LogP contribution in [0, 0.1) is 17.6 Å². The highest BCUT2D eigenvalue weighted by Gasteiger charge is 2.23. The molecule has 0 amide bonds. The summed E-state index contributed by atoms with van der Waals surface area (Å²) in [6, 6.07) is 9.99. The molecule has 0 N–H and O–H groups in total. The first-order chi connectivity index (χ1) is 18.0. The maximum absolute atomic E-state index is 14.6. The van der Waals surface area contributed by atoms with Gasteiger partial charge in [0.25, 0.3) is 0 Å². The average molecular weight is 515 g/mol. The number of unbranched alkanes of at least 4 members (excludes halogenated alkanes) is 7. The van der Waals surface area contributed by atoms with Crippen LogP contribution in [-0.4, -0.2) is 12.6 Å². The van der Waals surface area contributed by atoms with Gasteiger partial charge in [-0.2, -0.15) is 4.39 Å². The third-order valence-corrected chi connectivity index (χ3v) is 7.65. The molecule has 1 aliphatic carbocycles. The Balaban J connectivity index is 1.47. The Bertz CT molecular complexity index is 949. The Hall–Kier alpha value is -2.43. The van der Waals surface area contributed by atoms with Crippen molar-refractivity contribution in [2.24, 2.45) is 5.92 Å². The summed E-state index contributed by atoms with van der Waals surface area (Å²) in [6.45, 7) is 4.73. The maximum Gasteiger partial charge on any atom is 0.346 e. The van der Waals surface area contributed by atoms with Crippen molar-refractivity contribution in [3.8, 4) is 11.5 Å². The van der Waals surface area contributed by atoms with Gasteiger partial charge in [-0.15, -0.1) is 0 Å². The van der Waals surface area contributed by atoms with Crippen LogP contribution in [0.5, 0.6) is 11.5 Å². The quantitative estimate of drug-likeness (QED) is 0.135. The van der Waals surface area contributed by atoms with Crippen LogP contribution in [0.25, 0.3) is 0 Å². The van der Waals surface area contributed by atoms with E-state index in [0.29, 0.717) is 18.3 Å². The normalized spacial score (nSPS) is 17.5. The zero-order valence-electron chi connectivity index (χ0n) is 22.7. The van der Waals surface area contributed by atoms with E-state index in [9.17, 15) is 13.6 Å². The summed E-state index contributed by atoms with van der Waals surface area (Å²) < 4.78 is 39.9. The van der Waals surface area contributed by atoms with E-state index in [-0.39, 0.29) is 5.75 Å². The standard InChI is InChI=1S/C32H44F2O3/c1-3-5-7-8-9-11-23-36-29-22-21-28(30(33)31(29)34)32(35)37-27-19-17-26(18-20-27)25-15-13-24(14-16-25)12-10-6-4-2/h17-22,24-25H,3-16,23H2,1-2H3. The van der Waals surface area contributed by atoms with Crippen molar-refractivity contribution in [3.63, 3.8) is 0 Å². The number of carbonyl (C=O) groups is 1. The zero-order chi connectivity index (χ0) is 26.5. The third-order valence-electron chi connectivity index (χ3n) is 7.65. The highest BCUT2D eigenvalue weighted by molar-refractivity contribution is 5.91. The molecule has 0 unspecified atom stereocenters. The van der Waals surface area contributed by atoms with Gasteiger partial charge in [0.2, 0.25) is 5.82 Å². The number of esters is 1. The lowest BCUT2D eigenvalue weighted by Crippen LogP contribution is -2.14. The van der Waals surface area contributed by atoms with E-state index in [2.05, 4.69) is 13.8 Å². The van der Waals surface area contributed by atoms with Crippen molar-refractivity contribution in [2.75, 3.05) is 6.61 Å². The molecule has 2 aromatic carbocycles. The molecule has 5 heteroatoms. The molecule has 1 saturated carbocycles. The van der Waals surface area contributed by atoms with E-state index in [4.69, 9.17) is 9.47 Å². The van der Waals surface area contributed by atoms with Gasteiger partial charge in [0.05, 0.1) is 12.2 Å². The number of carbonyl (C=O) groups excluding carboxylic acids is 1. The Kier molecular flexibility index (Phi) is 12.4. The molecule has 3 rings (SSSR count). The van der Waals surface area contributed by atoms with Crippen molar-refractivity contribution < 1.29 is 23.0 Å². The van der Waals surface area contributed by atoms with E-state index in [1.165, 1.54) is 88.3 Å². The molecule has 0 aliphatic heterocycles. The van der Waals surface area contributed by atoms with Crippen LogP contribution in [0.1, 0.15) is 126 Å². The summed E-state index contributed by atoms with van der Waals surface area (Å²) in [7, 11) is 0. The molecular formula is C32H44F2O3. The molecule has 0 heterocycles. The van der Waals surface area contributed by atoms with Gasteiger partial charge in [-0.05, 0) is 73.8 Å². The van der Waals surface area contributed by atoms with Gasteiger partial charge in [-0.1, -0.05) is 83.8 Å². The lowest BCUT2D eigenvalue weighted by Gasteiger charge is -2.29. The molecule has 0 radical (unpaired) electrons. The van der Waals surface area contributed by atoms with Crippen LogP contribution in [0.15, 0.2) is 36.4 Å². The highest BCUT2D eigenvalue weighted by Crippen LogP contribution is 2.38. The molecule has 37 heavy (non-hydrogen) atoms. The van der Waals surface area contributed by atoms with Crippen molar-refractivity contribution >= 4 is 5.97 Å². The summed E-state index contributed by atoms with van der Waals surface area (Å²) in [5.41, 5.74) is 0.811. The van der Waals surface area contributed by atoms with E-state index < -0.39 is 23.2 Å². The average Bonchev–Trinajstić information content (AvgIpc) is 2.91. The van der Waals surface area contributed by atoms with Crippen LogP contribution in [0.3, 0.4) is 0 Å². The summed E-state index contributed by atoms with van der Waals surface area (Å²) >= 11 is 0. The summed E-state index contributed by atoms with van der Waals surface area (Å²) in [4.78, 5) is 12.5. The molecule has 204 valence electrons. The molecule has 1 aliphatic rings. The fraction of sp³-hybridized carbons (Fsp3) is 0.594. The maximum atomic E-state index is 14.6. The minimum Gasteiger partial charge on any atom is -0.490 e. The molecule has 2 aromatic rings. The predicted octanol–water partition coefficient (Wildman–Crippen LogP) is 9.78. The topological polar surface area (TPSA) is 35.5 Å². The van der Waals surface area contributed by atoms with Crippen LogP contribution in [0.4, 0.5) is 8.78 Å². The fourth-order valence-corrected chi connectivity index (χ4v) is 5.30. The van der Waals surface area contributed by atoms with Gasteiger partial charge in [-0.3, -0.25) is 0 Å². The van der Waals surface area contributed by atoms with Crippen molar-refractivity contribution in [1.82, 2.24) is 0 Å². The first-order valence-corrected chi connectivity index (χ1v) is 14.5. The molecule has 0 aromatic heterocycles. The second-order valence-electron chi connectivity index (χ2n) is 10.5. The lowest BCUT2D eigenvalue weighted by atomic mass is 9.77. The van der Waals surface area contributed by atoms with Crippen LogP contribution < -0.4 is 9.47 Å². The smallest absolute Gasteiger partial charge is 0.346 e. The van der Waals surface area contributed by atoms with E-state index in [0.717, 1.165) is 25.2 Å². The molecule has 1 fully saturated rings. The SMILES string of the molecule is CCCCCCCCOc1ccc(C(=O)Oc2ccc(C3CCC(CCCCC)CC3)cc2)c(F)c1F. The summed E-state index contributed by atoms with van der Waals surface area (Å²) in [6.07, 6.45) is 16.7. The Morgan fingerprint density at radius 2 is 1.43 bits per heavy atom. The minimum absolute atomic E-state index is 0.174. The molecular weight excluding hydrogens is 470 g/mol. The van der Waals surface area contributed by atoms with E-state index in [1.807, 2.05) is 12.1 Å². The summed E-state index contributed by atoms with van der Waals surface area (Å²) in [5.74, 6) is -1.77. The minimum atomic E-state index is -1.24. The fourth-order valence-electron chi connectivity index (χ4n) is 5.30. The number of ether oxygens (including phenoxy) is 2. The molecule has 3 nitrogen and oxygen atoms in total. The molecule has 0 bridgehead atoms. The number of benzene rings is 2. The first-order valence-electron chi connectivity index (χ1n) is 14.5. The van der Waals surface area contributed by atoms with Crippen molar-refractivity contribution in [1.29, 1.82) is 0 Å². The van der Waals surface area contributed by atoms with Gasteiger partial charge in [0.15, 0.2) is 11.6 Å². The Morgan fingerprint density at radius 1 is 0.784 bits per heavy atom. The summed E-state index contributed by atoms with van der Waals surface area (Å²) in [5, 5.41) is 0. The number of rotatable bonds is 15. The van der Waals surface area contributed by atoms with Gasteiger partial charge in [-0.25, -0.2) is 9.18 Å². The molecule has 0 spiro atoms. The second-order valence-corrected chi connectivity index (χ2v) is 10.5. The zero-order valence-corrected chi connectivity index (χ0v) is 22.7. The number of hydrogen-bond donors (Lipinski definition) is 0. The highest BCUT2D eigenvalue weighted by atomic mass is 19.2. The molecule has 0 saturated heterocycles. The monoisotopic (exact) mass is 514 g/mol. The van der Waals surface area contributed by atoms with E-state index in [1.54, 1.807) is 12.1 Å². The third kappa shape index (κ3) is 9.12. The predicted molar refractivity (Wildman–Crippen MR) is 145 cm³/mol.